The second kappa shape index (κ2) is 7.57. The van der Waals surface area contributed by atoms with Gasteiger partial charge in [-0.3, -0.25) is 0 Å². The minimum Gasteiger partial charge on any atom is -0.511 e. The molecular formula is C26H20O6. The van der Waals surface area contributed by atoms with E-state index in [1.807, 2.05) is 19.1 Å². The van der Waals surface area contributed by atoms with Gasteiger partial charge in [-0.25, -0.2) is 9.59 Å². The van der Waals surface area contributed by atoms with Gasteiger partial charge in [-0.05, 0) is 30.7 Å². The van der Waals surface area contributed by atoms with Gasteiger partial charge in [-0.2, -0.15) is 0 Å². The Morgan fingerprint density at radius 3 is 2.44 bits per heavy atom. The maximum atomic E-state index is 13.1. The number of aromatic hydroxyl groups is 1. The largest absolute Gasteiger partial charge is 0.511 e. The first-order valence-corrected chi connectivity index (χ1v) is 10.3. The Hall–Kier alpha value is -4.06. The van der Waals surface area contributed by atoms with Crippen LogP contribution in [-0.2, 0) is 9.53 Å². The van der Waals surface area contributed by atoms with Gasteiger partial charge in [0.15, 0.2) is 0 Å². The van der Waals surface area contributed by atoms with Crippen molar-refractivity contribution in [2.24, 2.45) is 5.92 Å². The third-order valence-corrected chi connectivity index (χ3v) is 5.95. The molecule has 0 spiro atoms. The zero-order valence-electron chi connectivity index (χ0n) is 17.2. The van der Waals surface area contributed by atoms with Crippen molar-refractivity contribution in [3.05, 3.63) is 111 Å². The number of allylic oxidation sites excluding steroid dienone is 2. The smallest absolute Gasteiger partial charge is 0.344 e. The fourth-order valence-electron chi connectivity index (χ4n) is 4.32. The lowest BCUT2D eigenvalue weighted by Gasteiger charge is -2.33. The van der Waals surface area contributed by atoms with Gasteiger partial charge in [0.05, 0.1) is 28.4 Å². The van der Waals surface area contributed by atoms with Crippen LogP contribution in [0.25, 0.3) is 11.0 Å². The van der Waals surface area contributed by atoms with Crippen LogP contribution in [0.5, 0.6) is 5.75 Å². The monoisotopic (exact) mass is 428 g/mol. The molecule has 0 bridgehead atoms. The molecule has 1 aliphatic carbocycles. The summed E-state index contributed by atoms with van der Waals surface area (Å²) in [6, 6.07) is 13.8. The Bertz CT molecular complexity index is 1370. The number of esters is 1. The van der Waals surface area contributed by atoms with Crippen molar-refractivity contribution in [3.63, 3.8) is 0 Å². The van der Waals surface area contributed by atoms with Gasteiger partial charge >= 0.3 is 11.6 Å². The molecule has 160 valence electrons. The van der Waals surface area contributed by atoms with Crippen LogP contribution in [0.1, 0.15) is 22.6 Å². The number of aryl methyl sites for hydroxylation is 1. The van der Waals surface area contributed by atoms with Crippen LogP contribution in [0.2, 0.25) is 0 Å². The molecule has 2 aliphatic rings. The zero-order valence-corrected chi connectivity index (χ0v) is 17.2. The summed E-state index contributed by atoms with van der Waals surface area (Å²) in [6.45, 7) is 1.91. The number of carbonyl (C=O) groups is 1. The number of para-hydroxylation sites is 1. The standard InChI is InChI=1S/C26H20O6/c1-14-10-12-15(13-11-14)20(21-23(27)16-6-2-4-8-18(16)31-25(21)29)22-24(28)17-7-3-5-9-19(17)32-26(22)30/h2-13,16,18,20,27-28H,1H3. The van der Waals surface area contributed by atoms with Crippen molar-refractivity contribution in [1.29, 1.82) is 0 Å². The van der Waals surface area contributed by atoms with Crippen LogP contribution in [0.3, 0.4) is 0 Å². The molecule has 0 saturated heterocycles. The molecule has 5 rings (SSSR count). The number of hydrogen-bond donors (Lipinski definition) is 2. The van der Waals surface area contributed by atoms with Crippen LogP contribution in [-0.4, -0.2) is 22.3 Å². The second-order valence-electron chi connectivity index (χ2n) is 7.96. The normalized spacial score (nSPS) is 20.8. The predicted molar refractivity (Wildman–Crippen MR) is 118 cm³/mol. The van der Waals surface area contributed by atoms with Gasteiger partial charge in [-0.1, -0.05) is 60.2 Å². The highest BCUT2D eigenvalue weighted by Gasteiger charge is 2.42. The van der Waals surface area contributed by atoms with Gasteiger partial charge in [0.25, 0.3) is 0 Å². The molecule has 0 amide bonds. The average Bonchev–Trinajstić information content (AvgIpc) is 2.78. The van der Waals surface area contributed by atoms with Crippen LogP contribution in [0, 0.1) is 12.8 Å². The van der Waals surface area contributed by atoms with Crippen molar-refractivity contribution in [2.75, 3.05) is 0 Å². The molecule has 2 heterocycles. The first kappa shape index (κ1) is 19.9. The number of aliphatic hydroxyl groups excluding tert-OH is 1. The highest BCUT2D eigenvalue weighted by Crippen LogP contribution is 2.43. The first-order valence-electron chi connectivity index (χ1n) is 10.3. The summed E-state index contributed by atoms with van der Waals surface area (Å²) in [6.07, 6.45) is 6.31. The summed E-state index contributed by atoms with van der Waals surface area (Å²) < 4.78 is 11.0. The number of hydrogen-bond acceptors (Lipinski definition) is 6. The lowest BCUT2D eigenvalue weighted by molar-refractivity contribution is -0.146. The second-order valence-corrected chi connectivity index (χ2v) is 7.96. The molecule has 32 heavy (non-hydrogen) atoms. The van der Waals surface area contributed by atoms with Gasteiger partial charge in [-0.15, -0.1) is 0 Å². The number of rotatable bonds is 3. The molecule has 3 unspecified atom stereocenters. The Labute approximate surface area is 183 Å². The SMILES string of the molecule is Cc1ccc(C(C2=C(O)C3C=CC=CC3OC2=O)c2c(O)c3ccccc3oc2=O)cc1. The Kier molecular flexibility index (Phi) is 4.70. The van der Waals surface area contributed by atoms with E-state index in [0.717, 1.165) is 5.56 Å². The average molecular weight is 428 g/mol. The summed E-state index contributed by atoms with van der Waals surface area (Å²) in [5, 5.41) is 22.6. The Morgan fingerprint density at radius 1 is 0.938 bits per heavy atom. The molecule has 2 N–H and O–H groups in total. The predicted octanol–water partition coefficient (Wildman–Crippen LogP) is 4.42. The number of benzene rings is 2. The van der Waals surface area contributed by atoms with E-state index in [0.29, 0.717) is 10.9 Å². The number of fused-ring (bicyclic) bond motifs is 2. The fraction of sp³-hybridized carbons (Fsp3) is 0.154. The highest BCUT2D eigenvalue weighted by atomic mass is 16.5. The molecule has 1 aromatic heterocycles. The minimum absolute atomic E-state index is 0.0899. The molecule has 6 heteroatoms. The van der Waals surface area contributed by atoms with Gasteiger partial charge in [0.1, 0.15) is 23.2 Å². The molecule has 0 saturated carbocycles. The first-order chi connectivity index (χ1) is 15.5. The summed E-state index contributed by atoms with van der Waals surface area (Å²) >= 11 is 0. The van der Waals surface area contributed by atoms with Crippen molar-refractivity contribution in [1.82, 2.24) is 0 Å². The molecule has 3 aromatic rings. The molecule has 0 fully saturated rings. The van der Waals surface area contributed by atoms with Crippen LogP contribution >= 0.6 is 0 Å². The van der Waals surface area contributed by atoms with E-state index in [4.69, 9.17) is 9.15 Å². The van der Waals surface area contributed by atoms with Crippen molar-refractivity contribution < 1.29 is 24.2 Å². The van der Waals surface area contributed by atoms with Crippen molar-refractivity contribution in [2.45, 2.75) is 18.9 Å². The maximum absolute atomic E-state index is 13.1. The summed E-state index contributed by atoms with van der Waals surface area (Å²) in [7, 11) is 0. The van der Waals surface area contributed by atoms with Crippen molar-refractivity contribution in [3.8, 4) is 5.75 Å². The molecule has 3 atom stereocenters. The van der Waals surface area contributed by atoms with E-state index >= 15 is 0 Å². The van der Waals surface area contributed by atoms with E-state index in [9.17, 15) is 19.8 Å². The zero-order chi connectivity index (χ0) is 22.4. The van der Waals surface area contributed by atoms with Gasteiger partial charge < -0.3 is 19.4 Å². The summed E-state index contributed by atoms with van der Waals surface area (Å²) in [5.41, 5.74) is 0.743. The lowest BCUT2D eigenvalue weighted by Crippen LogP contribution is -2.36. The van der Waals surface area contributed by atoms with Crippen molar-refractivity contribution >= 4 is 16.9 Å². The number of ether oxygens (including phenoxy) is 1. The Morgan fingerprint density at radius 2 is 1.66 bits per heavy atom. The molecule has 2 aromatic carbocycles. The topological polar surface area (TPSA) is 97.0 Å². The minimum atomic E-state index is -1.08. The third-order valence-electron chi connectivity index (χ3n) is 5.95. The van der Waals surface area contributed by atoms with E-state index < -0.39 is 29.5 Å². The van der Waals surface area contributed by atoms with Crippen LogP contribution < -0.4 is 5.63 Å². The van der Waals surface area contributed by atoms with E-state index in [2.05, 4.69) is 0 Å². The van der Waals surface area contributed by atoms with Crippen LogP contribution in [0.15, 0.2) is 93.4 Å². The summed E-state index contributed by atoms with van der Waals surface area (Å²) in [5.74, 6) is -2.89. The van der Waals surface area contributed by atoms with Gasteiger partial charge in [0, 0.05) is 0 Å². The fourth-order valence-corrected chi connectivity index (χ4v) is 4.32. The van der Waals surface area contributed by atoms with E-state index in [1.165, 1.54) is 0 Å². The molecular weight excluding hydrogens is 408 g/mol. The quantitative estimate of drug-likeness (QED) is 0.474. The van der Waals surface area contributed by atoms with Gasteiger partial charge in [0.2, 0.25) is 0 Å². The highest BCUT2D eigenvalue weighted by molar-refractivity contribution is 5.94. The Balaban J connectivity index is 1.81. The number of aliphatic hydroxyl groups is 1. The third kappa shape index (κ3) is 3.12. The van der Waals surface area contributed by atoms with Crippen LogP contribution in [0.4, 0.5) is 0 Å². The molecule has 0 radical (unpaired) electrons. The summed E-state index contributed by atoms with van der Waals surface area (Å²) in [4.78, 5) is 26.2. The van der Waals surface area contributed by atoms with E-state index in [1.54, 1.807) is 60.7 Å². The van der Waals surface area contributed by atoms with E-state index in [-0.39, 0.29) is 28.2 Å². The maximum Gasteiger partial charge on any atom is 0.344 e. The lowest BCUT2D eigenvalue weighted by atomic mass is 9.79. The number of carbonyl (C=O) groups excluding carboxylic acids is 1. The molecule has 6 nitrogen and oxygen atoms in total. The molecule has 1 aliphatic heterocycles.